The summed E-state index contributed by atoms with van der Waals surface area (Å²) in [4.78, 5) is 25.3. The van der Waals surface area contributed by atoms with E-state index < -0.39 is 37.2 Å². The molecule has 292 valence electrons. The predicted molar refractivity (Wildman–Crippen MR) is 187 cm³/mol. The van der Waals surface area contributed by atoms with Crippen molar-refractivity contribution in [3.8, 4) is 22.6 Å². The van der Waals surface area contributed by atoms with Gasteiger partial charge in [0.15, 0.2) is 0 Å². The van der Waals surface area contributed by atoms with Crippen molar-refractivity contribution >= 4 is 11.9 Å². The lowest BCUT2D eigenvalue weighted by atomic mass is 10.0. The molecule has 0 aliphatic carbocycles. The minimum Gasteiger partial charge on any atom is -0.494 e. The van der Waals surface area contributed by atoms with Crippen molar-refractivity contribution < 1.29 is 59.3 Å². The molecule has 0 amide bonds. The topological polar surface area (TPSA) is 71.1 Å². The number of carbonyl (C=O) groups is 2. The van der Waals surface area contributed by atoms with Crippen LogP contribution in [0, 0.1) is 0 Å². The first kappa shape index (κ1) is 43.3. The largest absolute Gasteiger partial charge is 0.494 e. The Bertz CT molecular complexity index is 1530. The smallest absolute Gasteiger partial charge is 0.459 e. The molecule has 0 saturated heterocycles. The van der Waals surface area contributed by atoms with Crippen LogP contribution in [0.25, 0.3) is 11.1 Å². The monoisotopic (exact) mass is 756 g/mol. The van der Waals surface area contributed by atoms with Crippen molar-refractivity contribution in [2.75, 3.05) is 19.8 Å². The normalized spacial score (nSPS) is 12.7. The van der Waals surface area contributed by atoms with Crippen LogP contribution in [-0.2, 0) is 9.47 Å². The average Bonchev–Trinajstić information content (AvgIpc) is 3.12. The molecule has 0 spiro atoms. The summed E-state index contributed by atoms with van der Waals surface area (Å²) < 4.78 is 110. The van der Waals surface area contributed by atoms with Crippen LogP contribution in [0.4, 0.5) is 30.7 Å². The van der Waals surface area contributed by atoms with Gasteiger partial charge in [-0.1, -0.05) is 69.7 Å². The Morgan fingerprint density at radius 2 is 1.09 bits per heavy atom. The second-order valence-corrected chi connectivity index (χ2v) is 12.9. The minimum absolute atomic E-state index is 0.143. The highest BCUT2D eigenvalue weighted by Crippen LogP contribution is 2.46. The van der Waals surface area contributed by atoms with Gasteiger partial charge in [0, 0.05) is 6.61 Å². The van der Waals surface area contributed by atoms with E-state index in [1.54, 1.807) is 48.5 Å². The fourth-order valence-corrected chi connectivity index (χ4v) is 5.24. The van der Waals surface area contributed by atoms with E-state index in [2.05, 4.69) is 11.7 Å². The Balaban J connectivity index is 1.34. The van der Waals surface area contributed by atoms with Gasteiger partial charge in [-0.05, 0) is 98.7 Å². The van der Waals surface area contributed by atoms with E-state index in [-0.39, 0.29) is 30.7 Å². The summed E-state index contributed by atoms with van der Waals surface area (Å²) in [6.45, 7) is 1.85. The number of benzene rings is 3. The Kier molecular flexibility index (Phi) is 17.1. The van der Waals surface area contributed by atoms with Gasteiger partial charge < -0.3 is 18.9 Å². The van der Waals surface area contributed by atoms with Gasteiger partial charge in [-0.3, -0.25) is 0 Å². The molecule has 1 atom stereocenters. The highest BCUT2D eigenvalue weighted by molar-refractivity contribution is 5.91. The summed E-state index contributed by atoms with van der Waals surface area (Å²) in [6.07, 6.45) is 3.70. The zero-order valence-electron chi connectivity index (χ0n) is 30.0. The fourth-order valence-electron chi connectivity index (χ4n) is 5.24. The standard InChI is InChI=1S/C40H47F7O6/c1-3-4-5-6-7-8-10-13-29(2)52-36(48)32-16-14-30(15-17-32)31-18-24-35(25-19-31)53-37(49)33-20-22-34(23-21-33)51-27-12-9-11-26-50-28-38(41,42)39(43,44)40(45,46)47/h14-25,29H,3-13,26-28H2,1-2H3. The van der Waals surface area contributed by atoms with Crippen molar-refractivity contribution in [2.45, 2.75) is 109 Å². The highest BCUT2D eigenvalue weighted by atomic mass is 19.4. The van der Waals surface area contributed by atoms with Crippen molar-refractivity contribution in [1.82, 2.24) is 0 Å². The van der Waals surface area contributed by atoms with Crippen molar-refractivity contribution in [3.63, 3.8) is 0 Å². The summed E-state index contributed by atoms with van der Waals surface area (Å²) in [5.41, 5.74) is 2.47. The summed E-state index contributed by atoms with van der Waals surface area (Å²) in [5, 5.41) is 0. The summed E-state index contributed by atoms with van der Waals surface area (Å²) >= 11 is 0. The molecule has 0 fully saturated rings. The molecule has 53 heavy (non-hydrogen) atoms. The van der Waals surface area contributed by atoms with Gasteiger partial charge in [0.05, 0.1) is 23.8 Å². The second-order valence-electron chi connectivity index (χ2n) is 12.9. The molecule has 0 N–H and O–H groups in total. The first-order chi connectivity index (χ1) is 25.1. The minimum atomic E-state index is -6.38. The number of alkyl halides is 7. The lowest BCUT2D eigenvalue weighted by molar-refractivity contribution is -0.361. The lowest BCUT2D eigenvalue weighted by Crippen LogP contribution is -2.54. The number of ether oxygens (including phenoxy) is 4. The third-order valence-corrected chi connectivity index (χ3v) is 8.43. The average molecular weight is 757 g/mol. The van der Waals surface area contributed by atoms with Crippen LogP contribution in [-0.4, -0.2) is 55.9 Å². The van der Waals surface area contributed by atoms with E-state index in [9.17, 15) is 40.3 Å². The van der Waals surface area contributed by atoms with Gasteiger partial charge in [-0.2, -0.15) is 30.7 Å². The zero-order chi connectivity index (χ0) is 38.9. The van der Waals surface area contributed by atoms with Gasteiger partial charge in [-0.25, -0.2) is 9.59 Å². The van der Waals surface area contributed by atoms with Crippen molar-refractivity contribution in [3.05, 3.63) is 83.9 Å². The molecule has 0 aliphatic heterocycles. The molecule has 6 nitrogen and oxygen atoms in total. The third-order valence-electron chi connectivity index (χ3n) is 8.43. The summed E-state index contributed by atoms with van der Waals surface area (Å²) in [6, 6.07) is 20.2. The molecular formula is C40H47F7O6. The fraction of sp³-hybridized carbons (Fsp3) is 0.500. The van der Waals surface area contributed by atoms with Gasteiger partial charge in [0.2, 0.25) is 0 Å². The number of hydrogen-bond donors (Lipinski definition) is 0. The Morgan fingerprint density at radius 1 is 0.604 bits per heavy atom. The maximum Gasteiger partial charge on any atom is 0.459 e. The summed E-state index contributed by atoms with van der Waals surface area (Å²) in [7, 11) is 0. The Labute approximate surface area is 306 Å². The van der Waals surface area contributed by atoms with Crippen LogP contribution in [0.2, 0.25) is 0 Å². The number of unbranched alkanes of at least 4 members (excludes halogenated alkanes) is 8. The van der Waals surface area contributed by atoms with Crippen LogP contribution >= 0.6 is 0 Å². The Hall–Kier alpha value is -4.13. The number of rotatable bonds is 23. The van der Waals surface area contributed by atoms with Gasteiger partial charge >= 0.3 is 30.0 Å². The van der Waals surface area contributed by atoms with Crippen LogP contribution in [0.3, 0.4) is 0 Å². The number of halogens is 7. The number of hydrogen-bond acceptors (Lipinski definition) is 6. The molecular weight excluding hydrogens is 709 g/mol. The zero-order valence-corrected chi connectivity index (χ0v) is 30.0. The van der Waals surface area contributed by atoms with E-state index in [0.717, 1.165) is 30.4 Å². The van der Waals surface area contributed by atoms with Crippen LogP contribution in [0.5, 0.6) is 11.5 Å². The molecule has 0 saturated carbocycles. The van der Waals surface area contributed by atoms with Gasteiger partial charge in [0.1, 0.15) is 18.1 Å². The first-order valence-corrected chi connectivity index (χ1v) is 17.9. The molecule has 13 heteroatoms. The lowest BCUT2D eigenvalue weighted by Gasteiger charge is -2.27. The van der Waals surface area contributed by atoms with E-state index in [1.807, 2.05) is 19.1 Å². The van der Waals surface area contributed by atoms with Crippen molar-refractivity contribution in [2.24, 2.45) is 0 Å². The first-order valence-electron chi connectivity index (χ1n) is 17.9. The van der Waals surface area contributed by atoms with Crippen LogP contribution in [0.15, 0.2) is 72.8 Å². The van der Waals surface area contributed by atoms with Crippen LogP contribution in [0.1, 0.15) is 105 Å². The SMILES string of the molecule is CCCCCCCCCC(C)OC(=O)c1ccc(-c2ccc(OC(=O)c3ccc(OCCCCCOCC(F)(F)C(F)(F)C(F)(F)F)cc3)cc2)cc1. The van der Waals surface area contributed by atoms with E-state index in [1.165, 1.54) is 44.2 Å². The highest BCUT2D eigenvalue weighted by Gasteiger charge is 2.72. The molecule has 1 unspecified atom stereocenters. The molecule has 0 bridgehead atoms. The number of esters is 2. The van der Waals surface area contributed by atoms with E-state index >= 15 is 0 Å². The Morgan fingerprint density at radius 3 is 1.70 bits per heavy atom. The predicted octanol–water partition coefficient (Wildman–Crippen LogP) is 11.7. The van der Waals surface area contributed by atoms with E-state index in [0.29, 0.717) is 29.9 Å². The molecule has 3 aromatic carbocycles. The van der Waals surface area contributed by atoms with Crippen LogP contribution < -0.4 is 9.47 Å². The molecule has 3 aromatic rings. The molecule has 0 radical (unpaired) electrons. The van der Waals surface area contributed by atoms with Gasteiger partial charge in [-0.15, -0.1) is 0 Å². The van der Waals surface area contributed by atoms with Crippen molar-refractivity contribution in [1.29, 1.82) is 0 Å². The maximum absolute atomic E-state index is 13.2. The molecule has 3 rings (SSSR count). The maximum atomic E-state index is 13.2. The quantitative estimate of drug-likeness (QED) is 0.0415. The molecule has 0 heterocycles. The second kappa shape index (κ2) is 20.9. The molecule has 0 aliphatic rings. The molecule has 0 aromatic heterocycles. The van der Waals surface area contributed by atoms with Gasteiger partial charge in [0.25, 0.3) is 0 Å². The third kappa shape index (κ3) is 14.0. The summed E-state index contributed by atoms with van der Waals surface area (Å²) in [5.74, 6) is -11.7. The van der Waals surface area contributed by atoms with E-state index in [4.69, 9.17) is 14.2 Å². The number of carbonyl (C=O) groups excluding carboxylic acids is 2.